The maximum Gasteiger partial charge on any atom is 0.343 e. The molecule has 10 nitrogen and oxygen atoms in total. The molecular formula is C67H88O10S2. The number of hydrogen-bond acceptors (Lipinski definition) is 12. The van der Waals surface area contributed by atoms with Crippen LogP contribution in [0.15, 0.2) is 97.1 Å². The largest absolute Gasteiger partial charge is 0.493 e. The minimum absolute atomic E-state index is 0.274. The first kappa shape index (κ1) is 62.2. The second-order valence-corrected chi connectivity index (χ2v) is 22.5. The number of hydrogen-bond donors (Lipinski definition) is 0. The lowest BCUT2D eigenvalue weighted by Gasteiger charge is -2.19. The van der Waals surface area contributed by atoms with Crippen LogP contribution in [0.4, 0.5) is 0 Å². The van der Waals surface area contributed by atoms with E-state index in [-0.39, 0.29) is 5.56 Å². The zero-order chi connectivity index (χ0) is 55.9. The highest BCUT2D eigenvalue weighted by molar-refractivity contribution is 7.25. The molecule has 2 aromatic heterocycles. The lowest BCUT2D eigenvalue weighted by Crippen LogP contribution is -2.12. The molecular weight excluding hydrogens is 1030 g/mol. The Hall–Kier alpha value is -5.98. The monoisotopic (exact) mass is 1120 g/mol. The van der Waals surface area contributed by atoms with Gasteiger partial charge in [0.1, 0.15) is 11.5 Å². The maximum absolute atomic E-state index is 14.1. The van der Waals surface area contributed by atoms with Gasteiger partial charge in [0.2, 0.25) is 11.5 Å². The normalized spacial score (nSPS) is 11.1. The third-order valence-electron chi connectivity index (χ3n) is 14.1. The number of unbranched alkanes of at least 4 members (excludes halogenated alkanes) is 21. The molecule has 0 bridgehead atoms. The Balaban J connectivity index is 1.10. The Kier molecular flexibility index (Phi) is 28.0. The van der Waals surface area contributed by atoms with Crippen LogP contribution in [0.3, 0.4) is 0 Å². The van der Waals surface area contributed by atoms with Gasteiger partial charge in [-0.15, -0.1) is 22.7 Å². The number of thiophene rings is 2. The van der Waals surface area contributed by atoms with Gasteiger partial charge < -0.3 is 37.9 Å². The molecule has 0 saturated heterocycles. The fourth-order valence-electron chi connectivity index (χ4n) is 9.45. The molecule has 0 radical (unpaired) electrons. The van der Waals surface area contributed by atoms with Gasteiger partial charge in [0.05, 0.1) is 52.3 Å². The van der Waals surface area contributed by atoms with Crippen LogP contribution in [-0.4, -0.2) is 53.1 Å². The topological polar surface area (TPSA) is 108 Å². The van der Waals surface area contributed by atoms with E-state index in [4.69, 9.17) is 37.9 Å². The van der Waals surface area contributed by atoms with Gasteiger partial charge in [-0.3, -0.25) is 0 Å². The predicted octanol–water partition coefficient (Wildman–Crippen LogP) is 19.8. The smallest absolute Gasteiger partial charge is 0.343 e. The summed E-state index contributed by atoms with van der Waals surface area (Å²) in [5.74, 6) is 2.64. The van der Waals surface area contributed by atoms with Crippen molar-refractivity contribution in [1.82, 2.24) is 0 Å². The van der Waals surface area contributed by atoms with Gasteiger partial charge in [-0.25, -0.2) is 9.59 Å². The summed E-state index contributed by atoms with van der Waals surface area (Å²) >= 11 is 3.40. The second-order valence-electron chi connectivity index (χ2n) is 20.3. The Labute approximate surface area is 480 Å². The van der Waals surface area contributed by atoms with Crippen LogP contribution in [0, 0.1) is 0 Å². The van der Waals surface area contributed by atoms with E-state index in [2.05, 4.69) is 45.0 Å². The van der Waals surface area contributed by atoms with Crippen molar-refractivity contribution in [3.8, 4) is 76.6 Å². The molecule has 0 aliphatic heterocycles. The van der Waals surface area contributed by atoms with Crippen LogP contribution in [0.2, 0.25) is 0 Å². The van der Waals surface area contributed by atoms with E-state index in [9.17, 15) is 9.59 Å². The Bertz CT molecular complexity index is 2620. The zero-order valence-electron chi connectivity index (χ0n) is 48.2. The van der Waals surface area contributed by atoms with Gasteiger partial charge in [0, 0.05) is 19.5 Å². The molecule has 6 aromatic rings. The van der Waals surface area contributed by atoms with Crippen molar-refractivity contribution < 1.29 is 47.5 Å². The van der Waals surface area contributed by atoms with Gasteiger partial charge in [-0.05, 0) is 127 Å². The van der Waals surface area contributed by atoms with Crippen LogP contribution in [0.1, 0.15) is 196 Å². The SMILES string of the molecule is CCCCCCCCCCOc1cc(C(=O)Oc2ccc(-c3ccc(-c4ccc(-c5ccc(OC(=O)c6cc(OC)c(OC)c(OC)c6)cc5)s4)s3)cc2)cc(OCCCCCCCCCC)c1OCCCCCCCCCC. The third-order valence-corrected chi connectivity index (χ3v) is 16.5. The molecule has 2 heterocycles. The van der Waals surface area contributed by atoms with Crippen molar-refractivity contribution >= 4 is 34.6 Å². The minimum atomic E-state index is -0.544. The number of methoxy groups -OCH3 is 3. The molecule has 4 aromatic carbocycles. The average Bonchev–Trinajstić information content (AvgIpc) is 4.19. The van der Waals surface area contributed by atoms with E-state index < -0.39 is 11.9 Å². The molecule has 0 amide bonds. The maximum atomic E-state index is 14.1. The van der Waals surface area contributed by atoms with Gasteiger partial charge in [-0.2, -0.15) is 0 Å². The molecule has 0 saturated carbocycles. The van der Waals surface area contributed by atoms with Crippen LogP contribution >= 0.6 is 22.7 Å². The van der Waals surface area contributed by atoms with Gasteiger partial charge >= 0.3 is 11.9 Å². The molecule has 6 rings (SSSR count). The second kappa shape index (κ2) is 35.6. The van der Waals surface area contributed by atoms with Crippen molar-refractivity contribution in [3.63, 3.8) is 0 Å². The highest BCUT2D eigenvalue weighted by atomic mass is 32.1. The molecule has 428 valence electrons. The number of carbonyl (C=O) groups excluding carboxylic acids is 2. The summed E-state index contributed by atoms with van der Waals surface area (Å²) in [5, 5.41) is 0. The van der Waals surface area contributed by atoms with Crippen molar-refractivity contribution in [2.24, 2.45) is 0 Å². The van der Waals surface area contributed by atoms with Crippen LogP contribution in [0.5, 0.6) is 46.0 Å². The van der Waals surface area contributed by atoms with E-state index >= 15 is 0 Å². The molecule has 12 heteroatoms. The van der Waals surface area contributed by atoms with E-state index in [1.165, 1.54) is 137 Å². The molecule has 0 aliphatic rings. The van der Waals surface area contributed by atoms with E-state index in [0.29, 0.717) is 71.4 Å². The lowest BCUT2D eigenvalue weighted by molar-refractivity contribution is 0.0724. The highest BCUT2D eigenvalue weighted by Crippen LogP contribution is 2.43. The number of ether oxygens (including phenoxy) is 8. The zero-order valence-corrected chi connectivity index (χ0v) is 49.9. The minimum Gasteiger partial charge on any atom is -0.493 e. The molecule has 0 aliphatic carbocycles. The van der Waals surface area contributed by atoms with Crippen LogP contribution in [-0.2, 0) is 0 Å². The lowest BCUT2D eigenvalue weighted by atomic mass is 10.1. The molecule has 0 N–H and O–H groups in total. The van der Waals surface area contributed by atoms with Crippen molar-refractivity contribution in [3.05, 3.63) is 108 Å². The molecule has 0 atom stereocenters. The van der Waals surface area contributed by atoms with Crippen LogP contribution < -0.4 is 37.9 Å². The average molecular weight is 1120 g/mol. The number of esters is 2. The fourth-order valence-corrected chi connectivity index (χ4v) is 11.6. The summed E-state index contributed by atoms with van der Waals surface area (Å²) in [6.45, 7) is 8.40. The Morgan fingerprint density at radius 3 is 1.00 bits per heavy atom. The van der Waals surface area contributed by atoms with Gasteiger partial charge in [0.25, 0.3) is 0 Å². The summed E-state index contributed by atoms with van der Waals surface area (Å²) in [6.07, 6.45) is 28.9. The fraction of sp³-hybridized carbons (Fsp3) is 0.493. The highest BCUT2D eigenvalue weighted by Gasteiger charge is 2.22. The summed E-state index contributed by atoms with van der Waals surface area (Å²) in [5.41, 5.74) is 2.67. The standard InChI is InChI=1S/C67H88O10S2/c1-7-10-13-16-19-22-25-28-43-73-58-48-53(49-59(74-44-29-26-23-20-17-14-11-8-2)65(58)75-45-30-27-24-21-18-15-12-9-3)67(69)77-55-37-33-51(34-38-55)61-40-42-63(79-61)62-41-39-60(78-62)50-31-35-54(36-32-50)76-66(68)52-46-56(70-4)64(72-6)57(47-52)71-5/h31-42,46-49H,7-30,43-45H2,1-6H3. The Morgan fingerprint density at radius 2 is 0.658 bits per heavy atom. The van der Waals surface area contributed by atoms with Crippen molar-refractivity contribution in [1.29, 1.82) is 0 Å². The molecule has 0 unspecified atom stereocenters. The molecule has 0 spiro atoms. The number of benzene rings is 4. The first-order chi connectivity index (χ1) is 38.8. The molecule has 79 heavy (non-hydrogen) atoms. The Morgan fingerprint density at radius 1 is 0.342 bits per heavy atom. The van der Waals surface area contributed by atoms with Crippen molar-refractivity contribution in [2.75, 3.05) is 41.2 Å². The van der Waals surface area contributed by atoms with Crippen LogP contribution in [0.25, 0.3) is 30.6 Å². The van der Waals surface area contributed by atoms with E-state index in [0.717, 1.165) is 69.2 Å². The summed E-state index contributed by atoms with van der Waals surface area (Å²) in [6, 6.07) is 30.3. The third kappa shape index (κ3) is 20.6. The van der Waals surface area contributed by atoms with E-state index in [1.54, 1.807) is 59.1 Å². The predicted molar refractivity (Wildman–Crippen MR) is 325 cm³/mol. The number of rotatable bonds is 40. The first-order valence-corrected chi connectivity index (χ1v) is 31.1. The van der Waals surface area contributed by atoms with Gasteiger partial charge in [0.15, 0.2) is 23.0 Å². The van der Waals surface area contributed by atoms with Gasteiger partial charge in [-0.1, -0.05) is 156 Å². The number of carbonyl (C=O) groups is 2. The molecule has 0 fully saturated rings. The summed E-state index contributed by atoms with van der Waals surface area (Å²) in [4.78, 5) is 31.7. The van der Waals surface area contributed by atoms with Crippen molar-refractivity contribution in [2.45, 2.75) is 175 Å². The van der Waals surface area contributed by atoms with E-state index in [1.807, 2.05) is 36.4 Å². The quantitative estimate of drug-likeness (QED) is 0.0210. The summed E-state index contributed by atoms with van der Waals surface area (Å²) < 4.78 is 47.6. The summed E-state index contributed by atoms with van der Waals surface area (Å²) in [7, 11) is 4.51. The first-order valence-electron chi connectivity index (χ1n) is 29.5.